The molecule has 0 radical (unpaired) electrons. The predicted molar refractivity (Wildman–Crippen MR) is 125 cm³/mol. The standard InChI is InChI=1S/C22H16ClF3N4O3S/c1-12-9-15(5-6-17(12)23)33-8-7-32-14-4-2-3-13(10-14)11-16-18(27)30-21(28-19(16)31)34-20(29-30)22(24,25)26/h2-6,9-11,27H,7-8H2,1H3/b16-11+,27-18?. The molecule has 2 aliphatic heterocycles. The van der Waals surface area contributed by atoms with Gasteiger partial charge in [0.15, 0.2) is 5.84 Å². The molecule has 0 unspecified atom stereocenters. The molecule has 0 atom stereocenters. The Labute approximate surface area is 201 Å². The molecule has 2 aromatic rings. The highest BCUT2D eigenvalue weighted by molar-refractivity contribution is 8.27. The van der Waals surface area contributed by atoms with Crippen LogP contribution in [-0.4, -0.2) is 46.4 Å². The summed E-state index contributed by atoms with van der Waals surface area (Å²) in [5.41, 5.74) is 1.22. The number of rotatable bonds is 6. The number of hydrogen-bond acceptors (Lipinski definition) is 6. The lowest BCUT2D eigenvalue weighted by Gasteiger charge is -2.20. The summed E-state index contributed by atoms with van der Waals surface area (Å²) < 4.78 is 50.1. The number of nitrogens with one attached hydrogen (secondary N) is 1. The van der Waals surface area contributed by atoms with Gasteiger partial charge in [-0.3, -0.25) is 10.2 Å². The number of benzene rings is 2. The van der Waals surface area contributed by atoms with Gasteiger partial charge in [-0.2, -0.15) is 28.3 Å². The lowest BCUT2D eigenvalue weighted by atomic mass is 10.1. The summed E-state index contributed by atoms with van der Waals surface area (Å²) >= 11 is 6.20. The van der Waals surface area contributed by atoms with Gasteiger partial charge < -0.3 is 9.47 Å². The third-order valence-electron chi connectivity index (χ3n) is 4.62. The van der Waals surface area contributed by atoms with Crippen molar-refractivity contribution < 1.29 is 27.4 Å². The number of amides is 1. The van der Waals surface area contributed by atoms with Crippen molar-refractivity contribution in [3.63, 3.8) is 0 Å². The van der Waals surface area contributed by atoms with Gasteiger partial charge in [-0.05, 0) is 66.2 Å². The van der Waals surface area contributed by atoms with Crippen molar-refractivity contribution in [3.05, 3.63) is 64.2 Å². The molecule has 2 aliphatic rings. The second-order valence-electron chi connectivity index (χ2n) is 7.10. The summed E-state index contributed by atoms with van der Waals surface area (Å²) in [7, 11) is 0. The molecule has 0 saturated carbocycles. The number of ether oxygens (including phenoxy) is 2. The fourth-order valence-corrected chi connectivity index (χ4v) is 3.87. The molecule has 2 aromatic carbocycles. The second-order valence-corrected chi connectivity index (χ2v) is 8.47. The third-order valence-corrected chi connectivity index (χ3v) is 5.99. The normalized spacial score (nSPS) is 17.0. The molecule has 1 amide bonds. The number of aryl methyl sites for hydroxylation is 1. The summed E-state index contributed by atoms with van der Waals surface area (Å²) in [4.78, 5) is 16.0. The number of halogens is 4. The molecule has 0 aromatic heterocycles. The SMILES string of the molecule is Cc1cc(OCCOc2cccc(/C=C3\C(=N)N4N=C(C(F)(F)F)SC4=NC3=O)c2)ccc1Cl. The maximum absolute atomic E-state index is 12.9. The molecule has 2 heterocycles. The monoisotopic (exact) mass is 508 g/mol. The van der Waals surface area contributed by atoms with Crippen molar-refractivity contribution >= 4 is 51.4 Å². The van der Waals surface area contributed by atoms with Crippen molar-refractivity contribution in [2.75, 3.05) is 13.2 Å². The molecular weight excluding hydrogens is 493 g/mol. The number of alkyl halides is 3. The first-order valence-corrected chi connectivity index (χ1v) is 11.0. The summed E-state index contributed by atoms with van der Waals surface area (Å²) in [6.07, 6.45) is -3.34. The minimum atomic E-state index is -4.69. The number of hydrazone groups is 1. The second kappa shape index (κ2) is 9.51. The highest BCUT2D eigenvalue weighted by Crippen LogP contribution is 2.35. The Kier molecular flexibility index (Phi) is 6.67. The van der Waals surface area contributed by atoms with Gasteiger partial charge in [-0.1, -0.05) is 23.7 Å². The van der Waals surface area contributed by atoms with Crippen LogP contribution in [0.1, 0.15) is 11.1 Å². The molecule has 4 rings (SSSR count). The molecule has 7 nitrogen and oxygen atoms in total. The van der Waals surface area contributed by atoms with E-state index >= 15 is 0 Å². The Hall–Kier alpha value is -3.31. The maximum Gasteiger partial charge on any atom is 0.441 e. The van der Waals surface area contributed by atoms with Gasteiger partial charge in [0.2, 0.25) is 10.2 Å². The van der Waals surface area contributed by atoms with E-state index in [2.05, 4.69) is 10.1 Å². The minimum Gasteiger partial charge on any atom is -0.490 e. The van der Waals surface area contributed by atoms with E-state index in [9.17, 15) is 18.0 Å². The fraction of sp³-hybridized carbons (Fsp3) is 0.182. The van der Waals surface area contributed by atoms with E-state index in [-0.39, 0.29) is 35.7 Å². The molecule has 34 heavy (non-hydrogen) atoms. The molecule has 1 N–H and O–H groups in total. The minimum absolute atomic E-state index is 0.185. The number of hydrogen-bond donors (Lipinski definition) is 1. The Bertz CT molecular complexity index is 1260. The number of amidine groups is 2. The van der Waals surface area contributed by atoms with Gasteiger partial charge in [0.25, 0.3) is 5.91 Å². The van der Waals surface area contributed by atoms with E-state index in [0.717, 1.165) is 5.56 Å². The van der Waals surface area contributed by atoms with Gasteiger partial charge in [-0.25, -0.2) is 0 Å². The van der Waals surface area contributed by atoms with Crippen molar-refractivity contribution in [1.82, 2.24) is 5.01 Å². The van der Waals surface area contributed by atoms with Gasteiger partial charge >= 0.3 is 6.18 Å². The third kappa shape index (κ3) is 5.26. The van der Waals surface area contributed by atoms with E-state index in [4.69, 9.17) is 26.5 Å². The Morgan fingerprint density at radius 2 is 1.85 bits per heavy atom. The summed E-state index contributed by atoms with van der Waals surface area (Å²) in [5, 5.41) is 11.4. The Morgan fingerprint density at radius 3 is 2.53 bits per heavy atom. The largest absolute Gasteiger partial charge is 0.490 e. The highest BCUT2D eigenvalue weighted by Gasteiger charge is 2.46. The molecule has 176 valence electrons. The zero-order valence-electron chi connectivity index (χ0n) is 17.5. The summed E-state index contributed by atoms with van der Waals surface area (Å²) in [6, 6.07) is 12.0. The fourth-order valence-electron chi connectivity index (χ4n) is 2.99. The molecule has 0 spiro atoms. The van der Waals surface area contributed by atoms with Crippen LogP contribution < -0.4 is 9.47 Å². The highest BCUT2D eigenvalue weighted by atomic mass is 35.5. The number of thioether (sulfide) groups is 1. The number of fused-ring (bicyclic) bond motifs is 1. The van der Waals surface area contributed by atoms with Crippen LogP contribution in [0, 0.1) is 12.3 Å². The molecule has 12 heteroatoms. The topological polar surface area (TPSA) is 87.3 Å². The van der Waals surface area contributed by atoms with Crippen molar-refractivity contribution in [1.29, 1.82) is 5.41 Å². The zero-order valence-corrected chi connectivity index (χ0v) is 19.1. The number of nitrogens with zero attached hydrogens (tertiary/aromatic N) is 3. The molecule has 0 fully saturated rings. The van der Waals surface area contributed by atoms with Gasteiger partial charge in [0.05, 0.1) is 5.57 Å². The van der Waals surface area contributed by atoms with Crippen molar-refractivity contribution in [2.24, 2.45) is 10.1 Å². The van der Waals surface area contributed by atoms with Crippen LogP contribution in [0.2, 0.25) is 5.02 Å². The van der Waals surface area contributed by atoms with E-state index in [1.54, 1.807) is 36.4 Å². The lowest BCUT2D eigenvalue weighted by Crippen LogP contribution is -2.35. The van der Waals surface area contributed by atoms with Crippen molar-refractivity contribution in [3.8, 4) is 11.5 Å². The maximum atomic E-state index is 12.9. The Morgan fingerprint density at radius 1 is 1.15 bits per heavy atom. The first-order chi connectivity index (χ1) is 16.1. The van der Waals surface area contributed by atoms with E-state index in [0.29, 0.717) is 27.1 Å². The van der Waals surface area contributed by atoms with Gasteiger partial charge in [-0.15, -0.1) is 0 Å². The van der Waals surface area contributed by atoms with Crippen LogP contribution in [0.15, 0.2) is 58.1 Å². The van der Waals surface area contributed by atoms with E-state index in [1.807, 2.05) is 13.0 Å². The van der Waals surface area contributed by atoms with Crippen LogP contribution in [0.25, 0.3) is 6.08 Å². The van der Waals surface area contributed by atoms with Crippen LogP contribution in [0.3, 0.4) is 0 Å². The van der Waals surface area contributed by atoms with E-state index in [1.165, 1.54) is 6.08 Å². The predicted octanol–water partition coefficient (Wildman–Crippen LogP) is 5.29. The van der Waals surface area contributed by atoms with Crippen LogP contribution >= 0.6 is 23.4 Å². The number of carbonyl (C=O) groups excluding carboxylic acids is 1. The van der Waals surface area contributed by atoms with Crippen LogP contribution in [-0.2, 0) is 4.79 Å². The number of aliphatic imine (C=N–C) groups is 1. The quantitative estimate of drug-likeness (QED) is 0.423. The first-order valence-electron chi connectivity index (χ1n) is 9.81. The average molecular weight is 509 g/mol. The summed E-state index contributed by atoms with van der Waals surface area (Å²) in [5.74, 6) is -0.159. The molecular formula is C22H16ClF3N4O3S. The first kappa shape index (κ1) is 23.8. The zero-order chi connectivity index (χ0) is 24.5. The Balaban J connectivity index is 1.42. The van der Waals surface area contributed by atoms with Crippen LogP contribution in [0.5, 0.6) is 11.5 Å². The number of carbonyl (C=O) groups is 1. The summed E-state index contributed by atoms with van der Waals surface area (Å²) in [6.45, 7) is 2.39. The van der Waals surface area contributed by atoms with E-state index < -0.39 is 23.0 Å². The smallest absolute Gasteiger partial charge is 0.441 e. The van der Waals surface area contributed by atoms with Crippen molar-refractivity contribution in [2.45, 2.75) is 13.1 Å². The average Bonchev–Trinajstić information content (AvgIpc) is 3.22. The lowest BCUT2D eigenvalue weighted by molar-refractivity contribution is -0.114. The van der Waals surface area contributed by atoms with Crippen LogP contribution in [0.4, 0.5) is 13.2 Å². The molecule has 0 aliphatic carbocycles. The molecule has 0 saturated heterocycles. The van der Waals surface area contributed by atoms with Gasteiger partial charge in [0, 0.05) is 5.02 Å². The van der Waals surface area contributed by atoms with Gasteiger partial charge in [0.1, 0.15) is 24.7 Å². The molecule has 0 bridgehead atoms.